The lowest BCUT2D eigenvalue weighted by Crippen LogP contribution is -2.47. The summed E-state index contributed by atoms with van der Waals surface area (Å²) in [4.78, 5) is 16.9. The Hall–Kier alpha value is -2.55. The van der Waals surface area contributed by atoms with Crippen LogP contribution in [-0.4, -0.2) is 76.6 Å². The number of thioether (sulfide) groups is 1. The maximum Gasteiger partial charge on any atom is 0.233 e. The lowest BCUT2D eigenvalue weighted by molar-refractivity contribution is -0.129. The molecule has 3 aromatic rings. The van der Waals surface area contributed by atoms with E-state index < -0.39 is 0 Å². The Bertz CT molecular complexity index is 1050. The van der Waals surface area contributed by atoms with Crippen molar-refractivity contribution in [3.63, 3.8) is 0 Å². The molecule has 0 radical (unpaired) electrons. The second kappa shape index (κ2) is 9.72. The number of halogens is 1. The number of rotatable bonds is 6. The first kappa shape index (κ1) is 21.7. The van der Waals surface area contributed by atoms with Gasteiger partial charge in [0.15, 0.2) is 11.0 Å². The minimum absolute atomic E-state index is 0.114. The summed E-state index contributed by atoms with van der Waals surface area (Å²) in [5.74, 6) is 1.77. The Morgan fingerprint density at radius 1 is 1.06 bits per heavy atom. The number of para-hydroxylation sites is 1. The molecule has 0 atom stereocenters. The molecule has 1 aliphatic rings. The van der Waals surface area contributed by atoms with Crippen LogP contribution in [0.2, 0.25) is 5.02 Å². The maximum absolute atomic E-state index is 12.7. The topological polar surface area (TPSA) is 63.5 Å². The summed E-state index contributed by atoms with van der Waals surface area (Å²) in [5, 5.41) is 10.1. The zero-order chi connectivity index (χ0) is 21.8. The monoisotopic (exact) mass is 457 g/mol. The molecule has 0 aliphatic carbocycles. The van der Waals surface area contributed by atoms with Crippen LogP contribution in [-0.2, 0) is 4.79 Å². The fourth-order valence-electron chi connectivity index (χ4n) is 3.46. The summed E-state index contributed by atoms with van der Waals surface area (Å²) in [7, 11) is 3.71. The molecule has 31 heavy (non-hydrogen) atoms. The van der Waals surface area contributed by atoms with Gasteiger partial charge in [-0.2, -0.15) is 0 Å². The van der Waals surface area contributed by atoms with E-state index in [4.69, 9.17) is 16.3 Å². The number of methoxy groups -OCH3 is 1. The van der Waals surface area contributed by atoms with Gasteiger partial charge in [0.05, 0.1) is 18.4 Å². The Balaban J connectivity index is 1.64. The molecular weight excluding hydrogens is 434 g/mol. The van der Waals surface area contributed by atoms with Gasteiger partial charge in [-0.15, -0.1) is 10.2 Å². The molecule has 1 aliphatic heterocycles. The zero-order valence-corrected chi connectivity index (χ0v) is 19.1. The van der Waals surface area contributed by atoms with Crippen LogP contribution in [0.25, 0.3) is 17.1 Å². The molecular formula is C22H24ClN5O2S. The molecule has 2 heterocycles. The number of piperazine rings is 1. The normalized spacial score (nSPS) is 14.6. The van der Waals surface area contributed by atoms with Crippen LogP contribution in [0.1, 0.15) is 0 Å². The van der Waals surface area contributed by atoms with Gasteiger partial charge in [-0.3, -0.25) is 9.36 Å². The number of benzene rings is 2. The largest absolute Gasteiger partial charge is 0.496 e. The van der Waals surface area contributed by atoms with Crippen molar-refractivity contribution in [3.05, 3.63) is 53.6 Å². The molecule has 1 aromatic heterocycles. The fraction of sp³-hybridized carbons (Fsp3) is 0.318. The van der Waals surface area contributed by atoms with Crippen LogP contribution < -0.4 is 4.74 Å². The highest BCUT2D eigenvalue weighted by atomic mass is 35.5. The van der Waals surface area contributed by atoms with Gasteiger partial charge in [0, 0.05) is 36.9 Å². The van der Waals surface area contributed by atoms with Crippen LogP contribution >= 0.6 is 23.4 Å². The summed E-state index contributed by atoms with van der Waals surface area (Å²) >= 11 is 7.49. The van der Waals surface area contributed by atoms with Crippen molar-refractivity contribution in [2.24, 2.45) is 0 Å². The van der Waals surface area contributed by atoms with Crippen molar-refractivity contribution < 1.29 is 9.53 Å². The summed E-state index contributed by atoms with van der Waals surface area (Å²) in [6, 6.07) is 15.2. The van der Waals surface area contributed by atoms with Gasteiger partial charge in [-0.1, -0.05) is 35.5 Å². The smallest absolute Gasteiger partial charge is 0.233 e. The van der Waals surface area contributed by atoms with Crippen LogP contribution in [0.5, 0.6) is 5.75 Å². The number of hydrogen-bond donors (Lipinski definition) is 0. The Morgan fingerprint density at radius 3 is 2.48 bits per heavy atom. The molecule has 9 heteroatoms. The van der Waals surface area contributed by atoms with Gasteiger partial charge in [0.2, 0.25) is 5.91 Å². The minimum atomic E-state index is 0.114. The van der Waals surface area contributed by atoms with E-state index in [1.165, 1.54) is 11.8 Å². The molecule has 2 aromatic carbocycles. The summed E-state index contributed by atoms with van der Waals surface area (Å²) in [5.41, 5.74) is 1.69. The highest BCUT2D eigenvalue weighted by Gasteiger charge is 2.22. The van der Waals surface area contributed by atoms with E-state index in [1.807, 2.05) is 58.0 Å². The molecule has 162 valence electrons. The second-order valence-corrected chi connectivity index (χ2v) is 8.67. The predicted molar refractivity (Wildman–Crippen MR) is 123 cm³/mol. The number of carbonyl (C=O) groups is 1. The standard InChI is InChI=1S/C22H24ClN5O2S/c1-26-11-13-27(14-12-26)20(29)15-31-22-25-24-21(18-5-3-4-6-19(18)30-2)28(22)17-9-7-16(23)8-10-17/h3-10H,11-15H2,1-2H3. The summed E-state index contributed by atoms with van der Waals surface area (Å²) in [6.07, 6.45) is 0. The molecule has 1 fully saturated rings. The Labute approximate surface area is 191 Å². The van der Waals surface area contributed by atoms with Crippen LogP contribution in [0.15, 0.2) is 53.7 Å². The average Bonchev–Trinajstić information content (AvgIpc) is 3.22. The van der Waals surface area contributed by atoms with E-state index >= 15 is 0 Å². The van der Waals surface area contributed by atoms with Gasteiger partial charge in [-0.05, 0) is 43.4 Å². The average molecular weight is 458 g/mol. The number of carbonyl (C=O) groups excluding carboxylic acids is 1. The van der Waals surface area contributed by atoms with Gasteiger partial charge in [-0.25, -0.2) is 0 Å². The number of amides is 1. The molecule has 0 N–H and O–H groups in total. The first-order valence-electron chi connectivity index (χ1n) is 10.0. The highest BCUT2D eigenvalue weighted by molar-refractivity contribution is 7.99. The Morgan fingerprint density at radius 2 is 1.77 bits per heavy atom. The maximum atomic E-state index is 12.7. The molecule has 0 bridgehead atoms. The quantitative estimate of drug-likeness (QED) is 0.528. The van der Waals surface area contributed by atoms with Crippen molar-refractivity contribution in [3.8, 4) is 22.8 Å². The van der Waals surface area contributed by atoms with Gasteiger partial charge in [0.25, 0.3) is 0 Å². The second-order valence-electron chi connectivity index (χ2n) is 7.29. The third-order valence-corrected chi connectivity index (χ3v) is 6.41. The minimum Gasteiger partial charge on any atom is -0.496 e. The van der Waals surface area contributed by atoms with Gasteiger partial charge >= 0.3 is 0 Å². The van der Waals surface area contributed by atoms with Crippen molar-refractivity contribution >= 4 is 29.3 Å². The molecule has 1 amide bonds. The molecule has 4 rings (SSSR count). The molecule has 0 saturated carbocycles. The van der Waals surface area contributed by atoms with E-state index in [0.717, 1.165) is 37.4 Å². The number of likely N-dealkylation sites (N-methyl/N-ethyl adjacent to an activating group) is 1. The zero-order valence-electron chi connectivity index (χ0n) is 17.5. The first-order chi connectivity index (χ1) is 15.1. The molecule has 0 unspecified atom stereocenters. The molecule has 0 spiro atoms. The van der Waals surface area contributed by atoms with Crippen molar-refractivity contribution in [1.82, 2.24) is 24.6 Å². The van der Waals surface area contributed by atoms with Crippen LogP contribution in [0.3, 0.4) is 0 Å². The first-order valence-corrected chi connectivity index (χ1v) is 11.4. The third-order valence-electron chi connectivity index (χ3n) is 5.25. The molecule has 7 nitrogen and oxygen atoms in total. The lowest BCUT2D eigenvalue weighted by atomic mass is 10.2. The van der Waals surface area contributed by atoms with E-state index in [9.17, 15) is 4.79 Å². The van der Waals surface area contributed by atoms with E-state index in [-0.39, 0.29) is 5.91 Å². The van der Waals surface area contributed by atoms with E-state index in [0.29, 0.717) is 27.5 Å². The number of aromatic nitrogens is 3. The van der Waals surface area contributed by atoms with E-state index in [2.05, 4.69) is 22.1 Å². The number of nitrogens with zero attached hydrogens (tertiary/aromatic N) is 5. The number of ether oxygens (including phenoxy) is 1. The number of hydrogen-bond acceptors (Lipinski definition) is 6. The summed E-state index contributed by atoms with van der Waals surface area (Å²) < 4.78 is 7.47. The molecule has 1 saturated heterocycles. The Kier molecular flexibility index (Phi) is 6.80. The third kappa shape index (κ3) is 4.87. The predicted octanol–water partition coefficient (Wildman–Crippen LogP) is 3.46. The highest BCUT2D eigenvalue weighted by Crippen LogP contribution is 2.33. The fourth-order valence-corrected chi connectivity index (χ4v) is 4.44. The van der Waals surface area contributed by atoms with Crippen molar-refractivity contribution in [2.75, 3.05) is 46.1 Å². The van der Waals surface area contributed by atoms with Crippen molar-refractivity contribution in [1.29, 1.82) is 0 Å². The summed E-state index contributed by atoms with van der Waals surface area (Å²) in [6.45, 7) is 3.31. The SMILES string of the molecule is COc1ccccc1-c1nnc(SCC(=O)N2CCN(C)CC2)n1-c1ccc(Cl)cc1. The van der Waals surface area contributed by atoms with Crippen LogP contribution in [0.4, 0.5) is 0 Å². The van der Waals surface area contributed by atoms with Crippen molar-refractivity contribution in [2.45, 2.75) is 5.16 Å². The van der Waals surface area contributed by atoms with Gasteiger partial charge < -0.3 is 14.5 Å². The van der Waals surface area contributed by atoms with Crippen LogP contribution in [0, 0.1) is 0 Å². The van der Waals surface area contributed by atoms with Gasteiger partial charge in [0.1, 0.15) is 5.75 Å². The van der Waals surface area contributed by atoms with E-state index in [1.54, 1.807) is 7.11 Å². The lowest BCUT2D eigenvalue weighted by Gasteiger charge is -2.32.